The van der Waals surface area contributed by atoms with Gasteiger partial charge in [-0.3, -0.25) is 14.7 Å². The van der Waals surface area contributed by atoms with Gasteiger partial charge in [-0.1, -0.05) is 6.07 Å². The van der Waals surface area contributed by atoms with Crippen LogP contribution in [0.5, 0.6) is 0 Å². The predicted octanol–water partition coefficient (Wildman–Crippen LogP) is 3.16. The molecule has 0 aliphatic carbocycles. The summed E-state index contributed by atoms with van der Waals surface area (Å²) in [4.78, 5) is 21.9. The van der Waals surface area contributed by atoms with Gasteiger partial charge >= 0.3 is 0 Å². The van der Waals surface area contributed by atoms with E-state index in [0.29, 0.717) is 5.91 Å². The van der Waals surface area contributed by atoms with E-state index in [2.05, 4.69) is 27.4 Å². The van der Waals surface area contributed by atoms with E-state index in [1.165, 1.54) is 0 Å². The Hall–Kier alpha value is -1.72. The molecule has 1 amide bonds. The summed E-state index contributed by atoms with van der Waals surface area (Å²) in [6.45, 7) is 3.62. The number of likely N-dealkylation sites (tertiary alicyclic amines) is 1. The van der Waals surface area contributed by atoms with Crippen LogP contribution in [0.1, 0.15) is 25.0 Å². The molecule has 2 aromatic rings. The first-order valence-corrected chi connectivity index (χ1v) is 9.18. The molecule has 4 rings (SSSR count). The number of piperidine rings is 1. The second kappa shape index (κ2) is 6.06. The molecule has 23 heavy (non-hydrogen) atoms. The highest BCUT2D eigenvalue weighted by Gasteiger charge is 2.49. The van der Waals surface area contributed by atoms with Gasteiger partial charge in [-0.05, 0) is 49.4 Å². The molecule has 1 spiro atoms. The second-order valence-electron chi connectivity index (χ2n) is 6.60. The maximum Gasteiger partial charge on any atom is 0.234 e. The molecular weight excluding hydrogens is 306 g/mol. The lowest BCUT2D eigenvalue weighted by atomic mass is 9.78. The summed E-state index contributed by atoms with van der Waals surface area (Å²) in [6, 6.07) is 8.09. The van der Waals surface area contributed by atoms with Crippen molar-refractivity contribution in [2.24, 2.45) is 5.41 Å². The first-order valence-electron chi connectivity index (χ1n) is 8.23. The zero-order valence-electron chi connectivity index (χ0n) is 13.1. The monoisotopic (exact) mass is 327 g/mol. The molecule has 120 valence electrons. The highest BCUT2D eigenvalue weighted by molar-refractivity contribution is 7.08. The Morgan fingerprint density at radius 3 is 2.96 bits per heavy atom. The molecular formula is C18H21N3OS. The van der Waals surface area contributed by atoms with E-state index in [9.17, 15) is 4.79 Å². The van der Waals surface area contributed by atoms with Gasteiger partial charge in [-0.25, -0.2) is 0 Å². The van der Waals surface area contributed by atoms with Crippen molar-refractivity contribution in [3.63, 3.8) is 0 Å². The van der Waals surface area contributed by atoms with Crippen molar-refractivity contribution in [3.05, 3.63) is 46.9 Å². The van der Waals surface area contributed by atoms with E-state index >= 15 is 0 Å². The minimum Gasteiger partial charge on any atom is -0.311 e. The van der Waals surface area contributed by atoms with Crippen molar-refractivity contribution in [2.45, 2.75) is 25.8 Å². The summed E-state index contributed by atoms with van der Waals surface area (Å²) < 4.78 is 0. The average Bonchev–Trinajstić information content (AvgIpc) is 3.19. The van der Waals surface area contributed by atoms with E-state index in [-0.39, 0.29) is 5.41 Å². The van der Waals surface area contributed by atoms with E-state index < -0.39 is 0 Å². The maximum absolute atomic E-state index is 13.1. The SMILES string of the molecule is O=C1N(c2ccsc2)CC[C@]12CCCN(Cc1ccccn1)C2. The summed E-state index contributed by atoms with van der Waals surface area (Å²) in [5, 5.41) is 4.12. The summed E-state index contributed by atoms with van der Waals surface area (Å²) in [5.41, 5.74) is 1.97. The van der Waals surface area contributed by atoms with Crippen LogP contribution in [0.25, 0.3) is 0 Å². The van der Waals surface area contributed by atoms with Gasteiger partial charge in [0.2, 0.25) is 5.91 Å². The Balaban J connectivity index is 1.49. The number of anilines is 1. The predicted molar refractivity (Wildman–Crippen MR) is 92.5 cm³/mol. The third kappa shape index (κ3) is 2.79. The summed E-state index contributed by atoms with van der Waals surface area (Å²) in [7, 11) is 0. The number of aromatic nitrogens is 1. The van der Waals surface area contributed by atoms with Crippen molar-refractivity contribution < 1.29 is 4.79 Å². The topological polar surface area (TPSA) is 36.4 Å². The Morgan fingerprint density at radius 1 is 1.22 bits per heavy atom. The van der Waals surface area contributed by atoms with Gasteiger partial charge in [-0.15, -0.1) is 0 Å². The third-order valence-corrected chi connectivity index (χ3v) is 5.77. The number of thiophene rings is 1. The number of carbonyl (C=O) groups excluding carboxylic acids is 1. The Bertz CT molecular complexity index is 673. The van der Waals surface area contributed by atoms with E-state index in [0.717, 1.165) is 56.8 Å². The standard InChI is InChI=1S/C18H21N3OS/c22-17-18(7-10-21(17)16-5-11-23-13-16)6-3-9-20(14-18)12-15-4-1-2-8-19-15/h1-2,4-5,8,11,13H,3,6-7,9-10,12,14H2/t18-/m0/s1. The molecule has 0 N–H and O–H groups in total. The third-order valence-electron chi connectivity index (χ3n) is 5.10. The average molecular weight is 327 g/mol. The second-order valence-corrected chi connectivity index (χ2v) is 7.38. The fourth-order valence-electron chi connectivity index (χ4n) is 3.94. The first kappa shape index (κ1) is 14.8. The Morgan fingerprint density at radius 2 is 2.17 bits per heavy atom. The van der Waals surface area contributed by atoms with Crippen LogP contribution in [0.3, 0.4) is 0 Å². The van der Waals surface area contributed by atoms with E-state index in [1.54, 1.807) is 11.3 Å². The smallest absolute Gasteiger partial charge is 0.234 e. The van der Waals surface area contributed by atoms with Gasteiger partial charge in [0.15, 0.2) is 0 Å². The molecule has 2 aromatic heterocycles. The lowest BCUT2D eigenvalue weighted by molar-refractivity contribution is -0.128. The molecule has 0 saturated carbocycles. The van der Waals surface area contributed by atoms with Crippen molar-refractivity contribution in [2.75, 3.05) is 24.5 Å². The molecule has 4 nitrogen and oxygen atoms in total. The number of carbonyl (C=O) groups is 1. The first-order chi connectivity index (χ1) is 11.3. The number of rotatable bonds is 3. The largest absolute Gasteiger partial charge is 0.311 e. The molecule has 0 unspecified atom stereocenters. The highest BCUT2D eigenvalue weighted by atomic mass is 32.1. The van der Waals surface area contributed by atoms with Gasteiger partial charge in [0.1, 0.15) is 0 Å². The van der Waals surface area contributed by atoms with Crippen LogP contribution in [0.2, 0.25) is 0 Å². The zero-order chi connectivity index (χ0) is 15.7. The summed E-state index contributed by atoms with van der Waals surface area (Å²) in [5.74, 6) is 0.321. The van der Waals surface area contributed by atoms with Gasteiger partial charge in [0.25, 0.3) is 0 Å². The van der Waals surface area contributed by atoms with Crippen molar-refractivity contribution in [3.8, 4) is 0 Å². The normalized spacial score (nSPS) is 25.4. The van der Waals surface area contributed by atoms with Crippen molar-refractivity contribution >= 4 is 22.9 Å². The summed E-state index contributed by atoms with van der Waals surface area (Å²) in [6.07, 6.45) is 4.93. The number of amides is 1. The van der Waals surface area contributed by atoms with Crippen LogP contribution in [-0.4, -0.2) is 35.4 Å². The molecule has 2 fully saturated rings. The number of hydrogen-bond acceptors (Lipinski definition) is 4. The number of hydrogen-bond donors (Lipinski definition) is 0. The molecule has 2 aliphatic heterocycles. The quantitative estimate of drug-likeness (QED) is 0.869. The van der Waals surface area contributed by atoms with Gasteiger partial charge in [0, 0.05) is 31.2 Å². The van der Waals surface area contributed by atoms with Crippen molar-refractivity contribution in [1.29, 1.82) is 0 Å². The zero-order valence-corrected chi connectivity index (χ0v) is 14.0. The maximum atomic E-state index is 13.1. The molecule has 1 atom stereocenters. The lowest BCUT2D eigenvalue weighted by Gasteiger charge is -2.38. The Kier molecular flexibility index (Phi) is 3.91. The summed E-state index contributed by atoms with van der Waals surface area (Å²) >= 11 is 1.65. The lowest BCUT2D eigenvalue weighted by Crippen LogP contribution is -2.47. The Labute approximate surface area is 140 Å². The van der Waals surface area contributed by atoms with Crippen LogP contribution in [-0.2, 0) is 11.3 Å². The molecule has 0 radical (unpaired) electrons. The molecule has 2 saturated heterocycles. The molecule has 0 aromatic carbocycles. The van der Waals surface area contributed by atoms with Gasteiger partial charge < -0.3 is 4.90 Å². The number of nitrogens with zero attached hydrogens (tertiary/aromatic N) is 3. The van der Waals surface area contributed by atoms with Crippen LogP contribution < -0.4 is 4.90 Å². The van der Waals surface area contributed by atoms with Gasteiger partial charge in [0.05, 0.1) is 16.8 Å². The highest BCUT2D eigenvalue weighted by Crippen LogP contribution is 2.42. The fraction of sp³-hybridized carbons (Fsp3) is 0.444. The van der Waals surface area contributed by atoms with Crippen LogP contribution in [0.4, 0.5) is 5.69 Å². The molecule has 2 aliphatic rings. The van der Waals surface area contributed by atoms with Gasteiger partial charge in [-0.2, -0.15) is 11.3 Å². The molecule has 5 heteroatoms. The van der Waals surface area contributed by atoms with Crippen LogP contribution in [0.15, 0.2) is 41.2 Å². The van der Waals surface area contributed by atoms with Crippen LogP contribution in [0, 0.1) is 5.41 Å². The van der Waals surface area contributed by atoms with E-state index in [1.807, 2.05) is 28.6 Å². The fourth-order valence-corrected chi connectivity index (χ4v) is 4.58. The molecule has 0 bridgehead atoms. The van der Waals surface area contributed by atoms with E-state index in [4.69, 9.17) is 0 Å². The minimum absolute atomic E-state index is 0.186. The number of pyridine rings is 1. The van der Waals surface area contributed by atoms with Crippen LogP contribution >= 0.6 is 11.3 Å². The van der Waals surface area contributed by atoms with Crippen molar-refractivity contribution in [1.82, 2.24) is 9.88 Å². The minimum atomic E-state index is -0.186. The molecule has 4 heterocycles.